The Morgan fingerprint density at radius 3 is 2.29 bits per heavy atom. The first-order valence-corrected chi connectivity index (χ1v) is 8.66. The summed E-state index contributed by atoms with van der Waals surface area (Å²) in [5.41, 5.74) is 7.93. The lowest BCUT2D eigenvalue weighted by Crippen LogP contribution is -2.05. The van der Waals surface area contributed by atoms with Crippen LogP contribution in [-0.2, 0) is 12.8 Å². The number of benzene rings is 1. The molecule has 0 aliphatic rings. The lowest BCUT2D eigenvalue weighted by atomic mass is 10.1. The van der Waals surface area contributed by atoms with Crippen molar-refractivity contribution in [2.45, 2.75) is 17.9 Å². The van der Waals surface area contributed by atoms with Gasteiger partial charge in [-0.15, -0.1) is 16.9 Å². The van der Waals surface area contributed by atoms with Gasteiger partial charge in [0.1, 0.15) is 5.03 Å². The van der Waals surface area contributed by atoms with Gasteiger partial charge in [-0.3, -0.25) is 5.41 Å². The van der Waals surface area contributed by atoms with Gasteiger partial charge in [-0.2, -0.15) is 5.10 Å². The molecule has 4 nitrogen and oxygen atoms in total. The third kappa shape index (κ3) is 6.18. The first kappa shape index (κ1) is 15.9. The van der Waals surface area contributed by atoms with E-state index in [1.54, 1.807) is 18.0 Å². The summed E-state index contributed by atoms with van der Waals surface area (Å²) in [6.07, 6.45) is 3.65. The van der Waals surface area contributed by atoms with Crippen LogP contribution in [-0.4, -0.2) is 26.9 Å². The van der Waals surface area contributed by atoms with E-state index in [1.165, 1.54) is 22.9 Å². The molecule has 0 atom stereocenters. The molecule has 0 bridgehead atoms. The first-order chi connectivity index (χ1) is 10.2. The van der Waals surface area contributed by atoms with E-state index in [-0.39, 0.29) is 5.17 Å². The molecule has 2 rings (SSSR count). The largest absolute Gasteiger partial charge is 0.379 e. The maximum absolute atomic E-state index is 7.17. The molecule has 110 valence electrons. The minimum Gasteiger partial charge on any atom is -0.379 e. The van der Waals surface area contributed by atoms with Gasteiger partial charge in [-0.25, -0.2) is 0 Å². The zero-order valence-corrected chi connectivity index (χ0v) is 13.3. The van der Waals surface area contributed by atoms with Crippen molar-refractivity contribution in [3.8, 4) is 0 Å². The highest BCUT2D eigenvalue weighted by Crippen LogP contribution is 2.16. The Hall–Kier alpha value is -1.53. The normalized spacial score (nSPS) is 10.5. The Morgan fingerprint density at radius 1 is 1.05 bits per heavy atom. The number of aromatic nitrogens is 2. The van der Waals surface area contributed by atoms with E-state index in [2.05, 4.69) is 34.5 Å². The zero-order chi connectivity index (χ0) is 14.9. The van der Waals surface area contributed by atoms with Gasteiger partial charge >= 0.3 is 0 Å². The number of aryl methyl sites for hydroxylation is 2. The van der Waals surface area contributed by atoms with Gasteiger partial charge in [-0.1, -0.05) is 36.0 Å². The summed E-state index contributed by atoms with van der Waals surface area (Å²) in [4.78, 5) is 0. The number of rotatable bonds is 7. The zero-order valence-electron chi connectivity index (χ0n) is 11.7. The average molecular weight is 318 g/mol. The summed E-state index contributed by atoms with van der Waals surface area (Å²) in [5.74, 6) is 1.86. The van der Waals surface area contributed by atoms with Gasteiger partial charge in [0.05, 0.1) is 0 Å². The molecule has 0 aliphatic carbocycles. The molecular formula is C15H18N4S2. The van der Waals surface area contributed by atoms with Gasteiger partial charge in [0.15, 0.2) is 5.17 Å². The second-order valence-corrected chi connectivity index (χ2v) is 6.69. The Balaban J connectivity index is 1.73. The predicted octanol–water partition coefficient (Wildman–Crippen LogP) is 2.98. The molecule has 2 aromatic rings. The van der Waals surface area contributed by atoms with E-state index < -0.39 is 0 Å². The van der Waals surface area contributed by atoms with Gasteiger partial charge in [0, 0.05) is 17.7 Å². The molecule has 0 fully saturated rings. The van der Waals surface area contributed by atoms with Gasteiger partial charge in [0.2, 0.25) is 0 Å². The molecule has 1 aromatic carbocycles. The molecule has 0 saturated carbocycles. The van der Waals surface area contributed by atoms with Gasteiger partial charge in [-0.05, 0) is 36.1 Å². The molecule has 1 heterocycles. The van der Waals surface area contributed by atoms with Crippen LogP contribution in [0.25, 0.3) is 0 Å². The van der Waals surface area contributed by atoms with Gasteiger partial charge < -0.3 is 5.73 Å². The molecule has 0 saturated heterocycles. The van der Waals surface area contributed by atoms with Crippen molar-refractivity contribution in [3.05, 3.63) is 53.7 Å². The highest BCUT2D eigenvalue weighted by atomic mass is 32.2. The Morgan fingerprint density at radius 2 is 1.71 bits per heavy atom. The van der Waals surface area contributed by atoms with E-state index in [1.807, 2.05) is 12.1 Å². The summed E-state index contributed by atoms with van der Waals surface area (Å²) in [5, 5.41) is 16.2. The Labute approximate surface area is 133 Å². The lowest BCUT2D eigenvalue weighted by molar-refractivity contribution is 0.928. The molecule has 3 N–H and O–H groups in total. The average Bonchev–Trinajstić information content (AvgIpc) is 2.50. The highest BCUT2D eigenvalue weighted by Gasteiger charge is 1.99. The number of nitrogens with two attached hydrogens (primary N) is 1. The van der Waals surface area contributed by atoms with Crippen molar-refractivity contribution in [3.63, 3.8) is 0 Å². The Kier molecular flexibility index (Phi) is 6.56. The van der Waals surface area contributed by atoms with Crippen molar-refractivity contribution in [1.82, 2.24) is 10.2 Å². The van der Waals surface area contributed by atoms with Crippen LogP contribution in [0, 0.1) is 5.41 Å². The van der Waals surface area contributed by atoms with Gasteiger partial charge in [0.25, 0.3) is 0 Å². The van der Waals surface area contributed by atoms with Crippen LogP contribution in [0.2, 0.25) is 0 Å². The molecule has 21 heavy (non-hydrogen) atoms. The molecule has 0 aliphatic heterocycles. The number of nitrogens with one attached hydrogen (secondary N) is 1. The first-order valence-electron chi connectivity index (χ1n) is 6.69. The lowest BCUT2D eigenvalue weighted by Gasteiger charge is -2.04. The summed E-state index contributed by atoms with van der Waals surface area (Å²) >= 11 is 3.11. The van der Waals surface area contributed by atoms with Crippen LogP contribution in [0.1, 0.15) is 11.1 Å². The number of nitrogens with zero attached hydrogens (tertiary/aromatic N) is 2. The number of amidine groups is 1. The summed E-state index contributed by atoms with van der Waals surface area (Å²) in [6.45, 7) is 0. The van der Waals surface area contributed by atoms with Crippen molar-refractivity contribution in [2.75, 3.05) is 11.5 Å². The van der Waals surface area contributed by atoms with Crippen molar-refractivity contribution in [2.24, 2.45) is 5.73 Å². The maximum atomic E-state index is 7.17. The van der Waals surface area contributed by atoms with E-state index in [0.717, 1.165) is 29.4 Å². The monoisotopic (exact) mass is 318 g/mol. The van der Waals surface area contributed by atoms with Crippen LogP contribution < -0.4 is 5.73 Å². The van der Waals surface area contributed by atoms with Crippen LogP contribution in [0.4, 0.5) is 0 Å². The van der Waals surface area contributed by atoms with E-state index in [4.69, 9.17) is 11.1 Å². The standard InChI is InChI=1S/C15H18N4S2/c16-15(17)21-11-8-13-5-3-12(4-6-13)7-10-20-14-2-1-9-18-19-14/h1-6,9H,7-8,10-11H2,(H3,16,17). The van der Waals surface area contributed by atoms with Crippen molar-refractivity contribution in [1.29, 1.82) is 5.41 Å². The minimum absolute atomic E-state index is 0.188. The fourth-order valence-electron chi connectivity index (χ4n) is 1.79. The van der Waals surface area contributed by atoms with Crippen LogP contribution in [0.3, 0.4) is 0 Å². The van der Waals surface area contributed by atoms with E-state index in [9.17, 15) is 0 Å². The third-order valence-corrected chi connectivity index (χ3v) is 4.50. The summed E-state index contributed by atoms with van der Waals surface area (Å²) in [6, 6.07) is 12.5. The number of thioether (sulfide) groups is 2. The smallest absolute Gasteiger partial charge is 0.151 e. The SMILES string of the molecule is N=C(N)SCCc1ccc(CCSc2cccnn2)cc1. The molecule has 0 spiro atoms. The fourth-order valence-corrected chi connectivity index (χ4v) is 3.17. The van der Waals surface area contributed by atoms with Crippen LogP contribution >= 0.6 is 23.5 Å². The number of hydrogen-bond acceptors (Lipinski definition) is 5. The molecule has 0 unspecified atom stereocenters. The summed E-state index contributed by atoms with van der Waals surface area (Å²) < 4.78 is 0. The molecular weight excluding hydrogens is 300 g/mol. The highest BCUT2D eigenvalue weighted by molar-refractivity contribution is 8.13. The second-order valence-electron chi connectivity index (χ2n) is 4.44. The fraction of sp³-hybridized carbons (Fsp3) is 0.267. The topological polar surface area (TPSA) is 75.7 Å². The molecule has 0 radical (unpaired) electrons. The quantitative estimate of drug-likeness (QED) is 0.466. The maximum Gasteiger partial charge on any atom is 0.151 e. The third-order valence-electron chi connectivity index (χ3n) is 2.86. The van der Waals surface area contributed by atoms with Crippen molar-refractivity contribution < 1.29 is 0 Å². The minimum atomic E-state index is 0.188. The Bertz CT molecular complexity index is 558. The van der Waals surface area contributed by atoms with E-state index in [0.29, 0.717) is 0 Å². The molecule has 6 heteroatoms. The van der Waals surface area contributed by atoms with Crippen LogP contribution in [0.15, 0.2) is 47.6 Å². The van der Waals surface area contributed by atoms with E-state index >= 15 is 0 Å². The van der Waals surface area contributed by atoms with Crippen molar-refractivity contribution >= 4 is 28.7 Å². The number of hydrogen-bond donors (Lipinski definition) is 2. The predicted molar refractivity (Wildman–Crippen MR) is 91.0 cm³/mol. The molecule has 0 amide bonds. The second kappa shape index (κ2) is 8.69. The van der Waals surface area contributed by atoms with Crippen LogP contribution in [0.5, 0.6) is 0 Å². The summed E-state index contributed by atoms with van der Waals surface area (Å²) in [7, 11) is 0. The molecule has 1 aromatic heterocycles.